The Morgan fingerprint density at radius 1 is 1.40 bits per heavy atom. The molecule has 1 aromatic carbocycles. The molecule has 0 atom stereocenters. The van der Waals surface area contributed by atoms with E-state index in [9.17, 15) is 14.3 Å². The van der Waals surface area contributed by atoms with Crippen molar-refractivity contribution >= 4 is 11.7 Å². The smallest absolute Gasteiger partial charge is 0.319 e. The number of carbonyl (C=O) groups excluding carboxylic acids is 1. The first-order valence-electron chi connectivity index (χ1n) is 7.00. The van der Waals surface area contributed by atoms with E-state index >= 15 is 0 Å². The van der Waals surface area contributed by atoms with Crippen LogP contribution < -0.4 is 10.6 Å². The molecule has 1 fully saturated rings. The van der Waals surface area contributed by atoms with Crippen LogP contribution in [0.2, 0.25) is 0 Å². The van der Waals surface area contributed by atoms with Crippen LogP contribution in [0.1, 0.15) is 32.6 Å². The number of para-hydroxylation sites is 1. The molecule has 0 unspecified atom stereocenters. The molecule has 1 aromatic rings. The monoisotopic (exact) mass is 280 g/mol. The highest BCUT2D eigenvalue weighted by molar-refractivity contribution is 5.89. The van der Waals surface area contributed by atoms with E-state index in [-0.39, 0.29) is 12.2 Å². The third-order valence-corrected chi connectivity index (χ3v) is 3.91. The number of hydrogen-bond acceptors (Lipinski definition) is 2. The molecule has 0 radical (unpaired) electrons. The number of benzene rings is 1. The van der Waals surface area contributed by atoms with Gasteiger partial charge in [0.15, 0.2) is 0 Å². The first kappa shape index (κ1) is 14.8. The van der Waals surface area contributed by atoms with E-state index < -0.39 is 17.4 Å². The van der Waals surface area contributed by atoms with E-state index in [4.69, 9.17) is 0 Å². The second-order valence-electron chi connectivity index (χ2n) is 5.69. The van der Waals surface area contributed by atoms with Crippen molar-refractivity contribution in [2.75, 3.05) is 11.9 Å². The molecule has 2 amide bonds. The molecular formula is C15H21FN2O2. The summed E-state index contributed by atoms with van der Waals surface area (Å²) in [7, 11) is 0. The van der Waals surface area contributed by atoms with Crippen molar-refractivity contribution in [3.8, 4) is 0 Å². The number of aliphatic hydroxyl groups is 1. The minimum atomic E-state index is -0.834. The van der Waals surface area contributed by atoms with Crippen LogP contribution in [0.25, 0.3) is 0 Å². The number of hydrogen-bond donors (Lipinski definition) is 3. The maximum absolute atomic E-state index is 13.4. The van der Waals surface area contributed by atoms with Gasteiger partial charge >= 0.3 is 6.03 Å². The molecule has 0 heterocycles. The zero-order valence-corrected chi connectivity index (χ0v) is 11.7. The highest BCUT2D eigenvalue weighted by Gasteiger charge is 2.32. The maximum Gasteiger partial charge on any atom is 0.319 e. The van der Waals surface area contributed by atoms with E-state index in [1.165, 1.54) is 12.1 Å². The molecule has 2 rings (SSSR count). The Kier molecular flexibility index (Phi) is 4.60. The molecule has 0 aliphatic heterocycles. The Morgan fingerprint density at radius 3 is 2.70 bits per heavy atom. The lowest BCUT2D eigenvalue weighted by atomic mass is 9.79. The van der Waals surface area contributed by atoms with Gasteiger partial charge in [-0.05, 0) is 43.7 Å². The molecule has 4 nitrogen and oxygen atoms in total. The second kappa shape index (κ2) is 6.22. The third kappa shape index (κ3) is 3.93. The number of anilines is 1. The van der Waals surface area contributed by atoms with Crippen LogP contribution in [0.15, 0.2) is 24.3 Å². The highest BCUT2D eigenvalue weighted by atomic mass is 19.1. The number of urea groups is 1. The van der Waals surface area contributed by atoms with E-state index in [1.807, 2.05) is 0 Å². The van der Waals surface area contributed by atoms with E-state index in [0.717, 1.165) is 12.8 Å². The average Bonchev–Trinajstić information content (AvgIpc) is 2.43. The lowest BCUT2D eigenvalue weighted by Crippen LogP contribution is -2.46. The van der Waals surface area contributed by atoms with Gasteiger partial charge < -0.3 is 15.7 Å². The molecule has 0 spiro atoms. The Balaban J connectivity index is 1.82. The SMILES string of the molecule is CC1CCC(O)(CNC(=O)Nc2ccccc2F)CC1. The molecule has 5 heteroatoms. The summed E-state index contributed by atoms with van der Waals surface area (Å²) in [5.74, 6) is 0.148. The Labute approximate surface area is 118 Å². The van der Waals surface area contributed by atoms with Crippen LogP contribution in [0.3, 0.4) is 0 Å². The molecule has 20 heavy (non-hydrogen) atoms. The van der Waals surface area contributed by atoms with Crippen molar-refractivity contribution < 1.29 is 14.3 Å². The number of carbonyl (C=O) groups is 1. The van der Waals surface area contributed by atoms with Crippen LogP contribution in [0, 0.1) is 11.7 Å². The van der Waals surface area contributed by atoms with E-state index in [2.05, 4.69) is 17.6 Å². The van der Waals surface area contributed by atoms with E-state index in [1.54, 1.807) is 12.1 Å². The fourth-order valence-corrected chi connectivity index (χ4v) is 2.45. The fraction of sp³-hybridized carbons (Fsp3) is 0.533. The van der Waals surface area contributed by atoms with Crippen molar-refractivity contribution in [2.45, 2.75) is 38.2 Å². The van der Waals surface area contributed by atoms with Gasteiger partial charge in [0.05, 0.1) is 11.3 Å². The molecule has 1 aliphatic rings. The largest absolute Gasteiger partial charge is 0.388 e. The summed E-state index contributed by atoms with van der Waals surface area (Å²) < 4.78 is 13.4. The highest BCUT2D eigenvalue weighted by Crippen LogP contribution is 2.31. The van der Waals surface area contributed by atoms with E-state index in [0.29, 0.717) is 18.8 Å². The Bertz CT molecular complexity index is 471. The van der Waals surface area contributed by atoms with Gasteiger partial charge in [-0.1, -0.05) is 19.1 Å². The van der Waals surface area contributed by atoms with Crippen molar-refractivity contribution in [1.82, 2.24) is 5.32 Å². The summed E-state index contributed by atoms with van der Waals surface area (Å²) in [5.41, 5.74) is -0.701. The Hall–Kier alpha value is -1.62. The van der Waals surface area contributed by atoms with Gasteiger partial charge in [-0.2, -0.15) is 0 Å². The average molecular weight is 280 g/mol. The van der Waals surface area contributed by atoms with Crippen molar-refractivity contribution in [1.29, 1.82) is 0 Å². The quantitative estimate of drug-likeness (QED) is 0.797. The maximum atomic E-state index is 13.4. The standard InChI is InChI=1S/C15H21FN2O2/c1-11-6-8-15(20,9-7-11)10-17-14(19)18-13-5-3-2-4-12(13)16/h2-5,11,20H,6-10H2,1H3,(H2,17,18,19). The minimum Gasteiger partial charge on any atom is -0.388 e. The minimum absolute atomic E-state index is 0.134. The van der Waals surface area contributed by atoms with Crippen LogP contribution in [0.4, 0.5) is 14.9 Å². The first-order chi connectivity index (χ1) is 9.48. The van der Waals surface area contributed by atoms with Gasteiger partial charge in [-0.3, -0.25) is 0 Å². The van der Waals surface area contributed by atoms with Gasteiger partial charge in [-0.15, -0.1) is 0 Å². The summed E-state index contributed by atoms with van der Waals surface area (Å²) in [6, 6.07) is 5.48. The Morgan fingerprint density at radius 2 is 2.05 bits per heavy atom. The van der Waals surface area contributed by atoms with Crippen molar-refractivity contribution in [2.24, 2.45) is 5.92 Å². The van der Waals surface area contributed by atoms with Crippen LogP contribution >= 0.6 is 0 Å². The molecule has 0 aromatic heterocycles. The van der Waals surface area contributed by atoms with Crippen LogP contribution in [-0.2, 0) is 0 Å². The summed E-state index contributed by atoms with van der Waals surface area (Å²) in [6.07, 6.45) is 3.31. The molecule has 3 N–H and O–H groups in total. The summed E-state index contributed by atoms with van der Waals surface area (Å²) >= 11 is 0. The van der Waals surface area contributed by atoms with Crippen molar-refractivity contribution in [3.63, 3.8) is 0 Å². The lowest BCUT2D eigenvalue weighted by molar-refractivity contribution is -0.00356. The van der Waals surface area contributed by atoms with Crippen molar-refractivity contribution in [3.05, 3.63) is 30.1 Å². The third-order valence-electron chi connectivity index (χ3n) is 3.91. The molecule has 110 valence electrons. The van der Waals surface area contributed by atoms with Gasteiger partial charge in [0.2, 0.25) is 0 Å². The molecule has 0 saturated heterocycles. The second-order valence-corrected chi connectivity index (χ2v) is 5.69. The topological polar surface area (TPSA) is 61.4 Å². The summed E-state index contributed by atoms with van der Waals surface area (Å²) in [5, 5.41) is 15.4. The first-order valence-corrected chi connectivity index (χ1v) is 7.00. The van der Waals surface area contributed by atoms with Gasteiger partial charge in [-0.25, -0.2) is 9.18 Å². The molecule has 1 aliphatic carbocycles. The zero-order chi connectivity index (χ0) is 14.6. The predicted molar refractivity (Wildman–Crippen MR) is 76.0 cm³/mol. The molecule has 0 bridgehead atoms. The summed E-state index contributed by atoms with van der Waals surface area (Å²) in [4.78, 5) is 11.7. The number of nitrogens with one attached hydrogen (secondary N) is 2. The van der Waals surface area contributed by atoms with Crippen LogP contribution in [0.5, 0.6) is 0 Å². The zero-order valence-electron chi connectivity index (χ0n) is 11.7. The summed E-state index contributed by atoms with van der Waals surface area (Å²) in [6.45, 7) is 2.36. The fourth-order valence-electron chi connectivity index (χ4n) is 2.45. The van der Waals surface area contributed by atoms with Gasteiger partial charge in [0, 0.05) is 6.54 Å². The van der Waals surface area contributed by atoms with Crippen LogP contribution in [-0.4, -0.2) is 23.3 Å². The number of amides is 2. The molecular weight excluding hydrogens is 259 g/mol. The lowest BCUT2D eigenvalue weighted by Gasteiger charge is -2.34. The van der Waals surface area contributed by atoms with Gasteiger partial charge in [0.1, 0.15) is 5.82 Å². The number of rotatable bonds is 3. The van der Waals surface area contributed by atoms with Gasteiger partial charge in [0.25, 0.3) is 0 Å². The predicted octanol–water partition coefficient (Wildman–Crippen LogP) is 2.89. The normalized spacial score (nSPS) is 26.1. The number of halogens is 1. The molecule has 1 saturated carbocycles.